The van der Waals surface area contributed by atoms with Crippen LogP contribution in [-0.2, 0) is 16.0 Å². The average molecular weight is 470 g/mol. The number of carbonyl (C=O) groups excluding carboxylic acids is 1. The van der Waals surface area contributed by atoms with E-state index in [0.717, 1.165) is 19.3 Å². The van der Waals surface area contributed by atoms with Crippen LogP contribution >= 0.6 is 0 Å². The van der Waals surface area contributed by atoms with E-state index < -0.39 is 30.4 Å². The van der Waals surface area contributed by atoms with Gasteiger partial charge in [0, 0.05) is 13.0 Å². The molecule has 34 heavy (non-hydrogen) atoms. The molecule has 0 saturated carbocycles. The van der Waals surface area contributed by atoms with Crippen LogP contribution in [0.4, 0.5) is 11.8 Å². The third-order valence-electron chi connectivity index (χ3n) is 5.99. The number of hydrogen-bond acceptors (Lipinski definition) is 9. The summed E-state index contributed by atoms with van der Waals surface area (Å²) in [5.74, 6) is 0.150. The summed E-state index contributed by atoms with van der Waals surface area (Å²) in [6.45, 7) is 0.676. The quantitative estimate of drug-likeness (QED) is 0.258. The molecule has 4 rings (SSSR count). The molecule has 2 aromatic heterocycles. The fraction of sp³-hybridized carbons (Fsp3) is 0.478. The van der Waals surface area contributed by atoms with Crippen molar-refractivity contribution in [2.45, 2.75) is 63.1 Å². The topological polar surface area (TPSA) is 174 Å². The molecule has 2 unspecified atom stereocenters. The molecule has 4 atom stereocenters. The number of nitrogens with zero attached hydrogens (tertiary/aromatic N) is 4. The van der Waals surface area contributed by atoms with Crippen LogP contribution in [0.2, 0.25) is 0 Å². The summed E-state index contributed by atoms with van der Waals surface area (Å²) < 4.78 is 7.46. The van der Waals surface area contributed by atoms with Crippen LogP contribution in [0.1, 0.15) is 43.9 Å². The summed E-state index contributed by atoms with van der Waals surface area (Å²) in [5.41, 5.74) is 13.4. The third-order valence-corrected chi connectivity index (χ3v) is 5.99. The third kappa shape index (κ3) is 5.44. The molecule has 1 fully saturated rings. The molecule has 0 spiro atoms. The summed E-state index contributed by atoms with van der Waals surface area (Å²) in [6.07, 6.45) is 1.59. The highest BCUT2D eigenvalue weighted by molar-refractivity contribution is 5.83. The number of anilines is 2. The number of nitrogens with one attached hydrogen (secondary N) is 1. The molecular formula is C23H31N7O4. The standard InChI is InChI=1S/C23H31N7O4/c24-16(31)11-6-10-15-18(32)19(33)22(34-15)30-13-27-17-20(25)28-23(29-21(17)30)26-12-5-4-9-14-7-2-1-3-8-14/h1-3,7-8,13,15,18-19,22,32-33H,4-6,9-12H2,(H2,24,31)(H3,25,26,28,29)/t15-,18?,19?,22-/m1/s1. The Kier molecular flexibility index (Phi) is 7.56. The molecule has 1 aromatic carbocycles. The lowest BCUT2D eigenvalue weighted by molar-refractivity contribution is -0.118. The van der Waals surface area contributed by atoms with E-state index in [0.29, 0.717) is 36.5 Å². The fourth-order valence-corrected chi connectivity index (χ4v) is 4.18. The molecule has 1 aliphatic rings. The van der Waals surface area contributed by atoms with Gasteiger partial charge >= 0.3 is 0 Å². The minimum absolute atomic E-state index is 0.186. The van der Waals surface area contributed by atoms with Crippen molar-refractivity contribution in [3.8, 4) is 0 Å². The van der Waals surface area contributed by atoms with E-state index in [1.165, 1.54) is 11.9 Å². The number of fused-ring (bicyclic) bond motifs is 1. The molecule has 3 aromatic rings. The van der Waals surface area contributed by atoms with Gasteiger partial charge in [0.15, 0.2) is 17.7 Å². The maximum absolute atomic E-state index is 11.0. The molecule has 0 bridgehead atoms. The lowest BCUT2D eigenvalue weighted by atomic mass is 10.0. The number of aliphatic hydroxyl groups excluding tert-OH is 2. The number of benzene rings is 1. The van der Waals surface area contributed by atoms with Gasteiger partial charge in [-0.1, -0.05) is 30.3 Å². The van der Waals surface area contributed by atoms with Crippen LogP contribution in [0.15, 0.2) is 36.7 Å². The van der Waals surface area contributed by atoms with E-state index in [1.54, 1.807) is 4.57 Å². The number of amides is 1. The van der Waals surface area contributed by atoms with Crippen LogP contribution in [0.3, 0.4) is 0 Å². The monoisotopic (exact) mass is 469 g/mol. The van der Waals surface area contributed by atoms with E-state index in [2.05, 4.69) is 32.4 Å². The molecular weight excluding hydrogens is 438 g/mol. The van der Waals surface area contributed by atoms with Crippen LogP contribution in [0, 0.1) is 0 Å². The van der Waals surface area contributed by atoms with Gasteiger partial charge in [-0.15, -0.1) is 0 Å². The van der Waals surface area contributed by atoms with E-state index in [1.807, 2.05) is 18.2 Å². The predicted octanol–water partition coefficient (Wildman–Crippen LogP) is 1.12. The zero-order valence-electron chi connectivity index (χ0n) is 18.9. The Balaban J connectivity index is 1.40. The largest absolute Gasteiger partial charge is 0.388 e. The van der Waals surface area contributed by atoms with Crippen molar-refractivity contribution < 1.29 is 19.7 Å². The molecule has 3 heterocycles. The minimum Gasteiger partial charge on any atom is -0.388 e. The SMILES string of the molecule is NC(=O)CCC[C@H]1O[C@@H](n2cnc3c(N)nc(NCCCCc4ccccc4)nc32)C(O)C1O. The highest BCUT2D eigenvalue weighted by Gasteiger charge is 2.44. The minimum atomic E-state index is -1.19. The first kappa shape index (κ1) is 23.9. The normalized spacial score (nSPS) is 22.3. The number of nitrogens with two attached hydrogens (primary N) is 2. The van der Waals surface area contributed by atoms with Crippen molar-refractivity contribution in [2.24, 2.45) is 5.73 Å². The first-order valence-corrected chi connectivity index (χ1v) is 11.5. The molecule has 0 radical (unpaired) electrons. The lowest BCUT2D eigenvalue weighted by Crippen LogP contribution is -2.31. The summed E-state index contributed by atoms with van der Waals surface area (Å²) >= 11 is 0. The second-order valence-corrected chi connectivity index (χ2v) is 8.53. The van der Waals surface area contributed by atoms with Gasteiger partial charge in [-0.05, 0) is 37.7 Å². The van der Waals surface area contributed by atoms with Crippen molar-refractivity contribution >= 4 is 28.8 Å². The molecule has 11 nitrogen and oxygen atoms in total. The van der Waals surface area contributed by atoms with Crippen molar-refractivity contribution in [1.82, 2.24) is 19.5 Å². The Morgan fingerprint density at radius 2 is 1.91 bits per heavy atom. The first-order chi connectivity index (χ1) is 16.4. The summed E-state index contributed by atoms with van der Waals surface area (Å²) in [5, 5.41) is 24.2. The number of primary amides is 1. The Morgan fingerprint density at radius 3 is 2.68 bits per heavy atom. The van der Waals surface area contributed by atoms with E-state index in [9.17, 15) is 15.0 Å². The number of aryl methyl sites for hydroxylation is 1. The van der Waals surface area contributed by atoms with Crippen LogP contribution in [0.25, 0.3) is 11.2 Å². The number of carbonyl (C=O) groups is 1. The molecule has 1 amide bonds. The van der Waals surface area contributed by atoms with Gasteiger partial charge < -0.3 is 31.7 Å². The number of ether oxygens (including phenoxy) is 1. The zero-order chi connectivity index (χ0) is 24.1. The molecule has 0 aliphatic carbocycles. The van der Waals surface area contributed by atoms with Gasteiger partial charge in [0.2, 0.25) is 11.9 Å². The smallest absolute Gasteiger partial charge is 0.226 e. The van der Waals surface area contributed by atoms with Crippen LogP contribution < -0.4 is 16.8 Å². The summed E-state index contributed by atoms with van der Waals surface area (Å²) in [4.78, 5) is 24.1. The second-order valence-electron chi connectivity index (χ2n) is 8.53. The predicted molar refractivity (Wildman–Crippen MR) is 127 cm³/mol. The highest BCUT2D eigenvalue weighted by atomic mass is 16.6. The van der Waals surface area contributed by atoms with Crippen molar-refractivity contribution in [3.63, 3.8) is 0 Å². The summed E-state index contributed by atoms with van der Waals surface area (Å²) in [6, 6.07) is 10.3. The van der Waals surface area contributed by atoms with Crippen LogP contribution in [-0.4, -0.2) is 60.5 Å². The number of imidazole rings is 1. The van der Waals surface area contributed by atoms with Crippen molar-refractivity contribution in [3.05, 3.63) is 42.2 Å². The average Bonchev–Trinajstić information content (AvgIpc) is 3.36. The number of rotatable bonds is 11. The van der Waals surface area contributed by atoms with Gasteiger partial charge in [-0.2, -0.15) is 9.97 Å². The van der Waals surface area contributed by atoms with E-state index in [-0.39, 0.29) is 12.2 Å². The number of aromatic nitrogens is 4. The van der Waals surface area contributed by atoms with Crippen molar-refractivity contribution in [1.29, 1.82) is 0 Å². The molecule has 1 saturated heterocycles. The number of aliphatic hydroxyl groups is 2. The first-order valence-electron chi connectivity index (χ1n) is 11.5. The van der Waals surface area contributed by atoms with E-state index >= 15 is 0 Å². The van der Waals surface area contributed by atoms with Gasteiger partial charge in [-0.3, -0.25) is 9.36 Å². The van der Waals surface area contributed by atoms with Gasteiger partial charge in [0.25, 0.3) is 0 Å². The molecule has 7 N–H and O–H groups in total. The maximum Gasteiger partial charge on any atom is 0.226 e. The Bertz CT molecular complexity index is 1110. The number of hydrogen-bond donors (Lipinski definition) is 5. The summed E-state index contributed by atoms with van der Waals surface area (Å²) in [7, 11) is 0. The Hall–Kier alpha value is -3.28. The lowest BCUT2D eigenvalue weighted by Gasteiger charge is -2.17. The Morgan fingerprint density at radius 1 is 1.12 bits per heavy atom. The molecule has 11 heteroatoms. The molecule has 1 aliphatic heterocycles. The molecule has 182 valence electrons. The zero-order valence-corrected chi connectivity index (χ0v) is 18.9. The van der Waals surface area contributed by atoms with Crippen molar-refractivity contribution in [2.75, 3.05) is 17.6 Å². The van der Waals surface area contributed by atoms with Gasteiger partial charge in [0.05, 0.1) is 12.4 Å². The fourth-order valence-electron chi connectivity index (χ4n) is 4.18. The second kappa shape index (κ2) is 10.8. The van der Waals surface area contributed by atoms with Gasteiger partial charge in [0.1, 0.15) is 17.7 Å². The number of nitrogen functional groups attached to an aromatic ring is 1. The highest BCUT2D eigenvalue weighted by Crippen LogP contribution is 2.34. The van der Waals surface area contributed by atoms with E-state index in [4.69, 9.17) is 16.2 Å². The number of unbranched alkanes of at least 4 members (excludes halogenated alkanes) is 1. The Labute approximate surface area is 197 Å². The van der Waals surface area contributed by atoms with Gasteiger partial charge in [-0.25, -0.2) is 4.98 Å². The van der Waals surface area contributed by atoms with Crippen LogP contribution in [0.5, 0.6) is 0 Å². The maximum atomic E-state index is 11.0.